The van der Waals surface area contributed by atoms with Crippen LogP contribution in [-0.2, 0) is 11.2 Å². The normalized spacial score (nSPS) is 30.4. The predicted molar refractivity (Wildman–Crippen MR) is 62.1 cm³/mol. The molecular formula is C14H13NO. The second-order valence-corrected chi connectivity index (χ2v) is 4.65. The van der Waals surface area contributed by atoms with Crippen molar-refractivity contribution in [1.29, 1.82) is 0 Å². The van der Waals surface area contributed by atoms with E-state index in [0.29, 0.717) is 5.92 Å². The van der Waals surface area contributed by atoms with Crippen molar-refractivity contribution in [2.24, 2.45) is 4.99 Å². The van der Waals surface area contributed by atoms with Crippen LogP contribution in [0.15, 0.2) is 41.4 Å². The Morgan fingerprint density at radius 1 is 1.31 bits per heavy atom. The van der Waals surface area contributed by atoms with Crippen molar-refractivity contribution in [1.82, 2.24) is 0 Å². The predicted octanol–water partition coefficient (Wildman–Crippen LogP) is 2.75. The van der Waals surface area contributed by atoms with Gasteiger partial charge >= 0.3 is 0 Å². The van der Waals surface area contributed by atoms with Crippen LogP contribution in [0.4, 0.5) is 0 Å². The minimum absolute atomic E-state index is 0.236. The highest BCUT2D eigenvalue weighted by Crippen LogP contribution is 2.49. The molecule has 0 spiro atoms. The highest BCUT2D eigenvalue weighted by Gasteiger charge is 2.46. The van der Waals surface area contributed by atoms with Gasteiger partial charge in [-0.1, -0.05) is 36.4 Å². The molecule has 2 nitrogen and oxygen atoms in total. The topological polar surface area (TPSA) is 29.4 Å². The standard InChI is InChI=1S/C14H13NO/c16-10-15-14-8-4-3-7-13(14)12-6-2-1-5-11(12)9-14/h1-6,13H,7-9H2/t13-,14-/m1/s1. The summed E-state index contributed by atoms with van der Waals surface area (Å²) in [6, 6.07) is 8.44. The van der Waals surface area contributed by atoms with E-state index in [0.717, 1.165) is 19.3 Å². The smallest absolute Gasteiger partial charge is 0.211 e. The number of fused-ring (bicyclic) bond motifs is 3. The molecule has 0 heterocycles. The van der Waals surface area contributed by atoms with Gasteiger partial charge in [0.1, 0.15) is 0 Å². The molecule has 0 bridgehead atoms. The van der Waals surface area contributed by atoms with Crippen molar-refractivity contribution in [3.8, 4) is 0 Å². The van der Waals surface area contributed by atoms with Crippen LogP contribution >= 0.6 is 0 Å². The van der Waals surface area contributed by atoms with Crippen LogP contribution in [0.5, 0.6) is 0 Å². The van der Waals surface area contributed by atoms with Crippen LogP contribution < -0.4 is 0 Å². The molecule has 2 atom stereocenters. The van der Waals surface area contributed by atoms with Crippen LogP contribution in [0.2, 0.25) is 0 Å². The average molecular weight is 211 g/mol. The molecule has 0 radical (unpaired) electrons. The molecule has 0 fully saturated rings. The molecule has 3 rings (SSSR count). The van der Waals surface area contributed by atoms with Crippen molar-refractivity contribution in [2.45, 2.75) is 30.7 Å². The molecule has 0 amide bonds. The summed E-state index contributed by atoms with van der Waals surface area (Å²) in [6.45, 7) is 0. The lowest BCUT2D eigenvalue weighted by Crippen LogP contribution is -2.32. The fourth-order valence-electron chi connectivity index (χ4n) is 3.11. The number of rotatable bonds is 1. The molecule has 2 aliphatic rings. The van der Waals surface area contributed by atoms with Gasteiger partial charge in [0, 0.05) is 5.92 Å². The molecule has 80 valence electrons. The van der Waals surface area contributed by atoms with Crippen LogP contribution in [0, 0.1) is 0 Å². The zero-order valence-electron chi connectivity index (χ0n) is 9.02. The molecule has 0 unspecified atom stereocenters. The third-order valence-corrected chi connectivity index (χ3v) is 3.85. The Hall–Kier alpha value is -1.66. The molecule has 1 aromatic carbocycles. The fourth-order valence-corrected chi connectivity index (χ4v) is 3.11. The summed E-state index contributed by atoms with van der Waals surface area (Å²) in [4.78, 5) is 14.8. The molecule has 2 aliphatic carbocycles. The third-order valence-electron chi connectivity index (χ3n) is 3.85. The monoisotopic (exact) mass is 211 g/mol. The second-order valence-electron chi connectivity index (χ2n) is 4.65. The number of allylic oxidation sites excluding steroid dienone is 1. The molecule has 16 heavy (non-hydrogen) atoms. The van der Waals surface area contributed by atoms with Gasteiger partial charge in [-0.05, 0) is 30.4 Å². The van der Waals surface area contributed by atoms with E-state index in [-0.39, 0.29) is 5.54 Å². The van der Waals surface area contributed by atoms with E-state index in [1.54, 1.807) is 6.08 Å². The lowest BCUT2D eigenvalue weighted by atomic mass is 9.77. The number of aliphatic imine (C=N–C) groups is 1. The zero-order chi connectivity index (χ0) is 11.0. The number of nitrogens with zero attached hydrogens (tertiary/aromatic N) is 1. The summed E-state index contributed by atoms with van der Waals surface area (Å²) in [7, 11) is 0. The van der Waals surface area contributed by atoms with Crippen molar-refractivity contribution < 1.29 is 4.79 Å². The lowest BCUT2D eigenvalue weighted by molar-refractivity contribution is 0.363. The van der Waals surface area contributed by atoms with Gasteiger partial charge < -0.3 is 0 Å². The fraction of sp³-hybridized carbons (Fsp3) is 0.357. The Balaban J connectivity index is 2.14. The van der Waals surface area contributed by atoms with Gasteiger partial charge in [0.05, 0.1) is 5.54 Å². The number of isocyanates is 1. The number of carbonyl (C=O) groups excluding carboxylic acids is 1. The van der Waals surface area contributed by atoms with Crippen LogP contribution in [0.1, 0.15) is 29.9 Å². The molecule has 0 saturated carbocycles. The quantitative estimate of drug-likeness (QED) is 0.399. The first kappa shape index (κ1) is 9.56. The molecule has 0 aliphatic heterocycles. The van der Waals surface area contributed by atoms with Crippen LogP contribution in [0.25, 0.3) is 0 Å². The van der Waals surface area contributed by atoms with Gasteiger partial charge in [0.2, 0.25) is 6.08 Å². The summed E-state index contributed by atoms with van der Waals surface area (Å²) < 4.78 is 0. The van der Waals surface area contributed by atoms with Crippen LogP contribution in [0.3, 0.4) is 0 Å². The zero-order valence-corrected chi connectivity index (χ0v) is 9.02. The Kier molecular flexibility index (Phi) is 2.05. The third kappa shape index (κ3) is 1.20. The van der Waals surface area contributed by atoms with Crippen molar-refractivity contribution in [3.05, 3.63) is 47.5 Å². The van der Waals surface area contributed by atoms with E-state index in [9.17, 15) is 4.79 Å². The van der Waals surface area contributed by atoms with Gasteiger partial charge in [-0.3, -0.25) is 0 Å². The minimum atomic E-state index is -0.236. The molecular weight excluding hydrogens is 198 g/mol. The van der Waals surface area contributed by atoms with Gasteiger partial charge in [0.25, 0.3) is 0 Å². The Bertz CT molecular complexity index is 499. The number of hydrogen-bond donors (Lipinski definition) is 0. The van der Waals surface area contributed by atoms with E-state index < -0.39 is 0 Å². The highest BCUT2D eigenvalue weighted by molar-refractivity contribution is 5.46. The Morgan fingerprint density at radius 2 is 2.19 bits per heavy atom. The van der Waals surface area contributed by atoms with Gasteiger partial charge in [-0.25, -0.2) is 4.79 Å². The summed E-state index contributed by atoms with van der Waals surface area (Å²) in [5.41, 5.74) is 2.47. The largest absolute Gasteiger partial charge is 0.235 e. The van der Waals surface area contributed by atoms with Crippen molar-refractivity contribution in [3.63, 3.8) is 0 Å². The Labute approximate surface area is 94.7 Å². The summed E-state index contributed by atoms with van der Waals surface area (Å²) in [5, 5.41) is 0. The van der Waals surface area contributed by atoms with E-state index in [1.807, 2.05) is 0 Å². The summed E-state index contributed by atoms with van der Waals surface area (Å²) >= 11 is 0. The summed E-state index contributed by atoms with van der Waals surface area (Å²) in [5.74, 6) is 0.371. The maximum Gasteiger partial charge on any atom is 0.235 e. The number of benzene rings is 1. The molecule has 2 heteroatoms. The van der Waals surface area contributed by atoms with Crippen LogP contribution in [-0.4, -0.2) is 11.6 Å². The van der Waals surface area contributed by atoms with E-state index in [4.69, 9.17) is 0 Å². The molecule has 0 aromatic heterocycles. The molecule has 1 aromatic rings. The lowest BCUT2D eigenvalue weighted by Gasteiger charge is -2.31. The Morgan fingerprint density at radius 3 is 3.06 bits per heavy atom. The first-order valence-corrected chi connectivity index (χ1v) is 5.67. The first-order valence-electron chi connectivity index (χ1n) is 5.67. The van der Waals surface area contributed by atoms with E-state index in [1.165, 1.54) is 11.1 Å². The minimum Gasteiger partial charge on any atom is -0.211 e. The SMILES string of the molecule is O=C=N[C@@]12CC=CC[C@@H]1c1ccccc1C2. The van der Waals surface area contributed by atoms with E-state index in [2.05, 4.69) is 41.4 Å². The maximum atomic E-state index is 10.6. The average Bonchev–Trinajstić information content (AvgIpc) is 2.63. The van der Waals surface area contributed by atoms with Gasteiger partial charge in [-0.2, -0.15) is 4.99 Å². The van der Waals surface area contributed by atoms with E-state index >= 15 is 0 Å². The van der Waals surface area contributed by atoms with Gasteiger partial charge in [0.15, 0.2) is 0 Å². The maximum absolute atomic E-state index is 10.6. The highest BCUT2D eigenvalue weighted by atomic mass is 16.1. The summed E-state index contributed by atoms with van der Waals surface area (Å²) in [6.07, 6.45) is 8.85. The molecule has 0 N–H and O–H groups in total. The molecule has 0 saturated heterocycles. The van der Waals surface area contributed by atoms with Crippen molar-refractivity contribution in [2.75, 3.05) is 0 Å². The number of hydrogen-bond acceptors (Lipinski definition) is 2. The first-order chi connectivity index (χ1) is 7.86. The van der Waals surface area contributed by atoms with Gasteiger partial charge in [-0.15, -0.1) is 0 Å². The second kappa shape index (κ2) is 3.43. The van der Waals surface area contributed by atoms with Crippen molar-refractivity contribution >= 4 is 6.08 Å².